The number of aromatic nitrogens is 2. The fourth-order valence-electron chi connectivity index (χ4n) is 2.08. The van der Waals surface area contributed by atoms with Gasteiger partial charge in [0, 0.05) is 17.3 Å². The molecule has 2 aromatic rings. The lowest BCUT2D eigenvalue weighted by Crippen LogP contribution is -2.20. The van der Waals surface area contributed by atoms with Crippen molar-refractivity contribution < 1.29 is 19.0 Å². The molecule has 24 heavy (non-hydrogen) atoms. The van der Waals surface area contributed by atoms with E-state index in [1.807, 2.05) is 0 Å². The first-order valence-electron chi connectivity index (χ1n) is 6.96. The highest BCUT2D eigenvalue weighted by molar-refractivity contribution is 5.87. The molecule has 9 heteroatoms. The molecular weight excluding hydrogens is 316 g/mol. The SMILES string of the molecule is COc1ccc(C=NNC(=O)Cc2cc(=O)[nH][nH]2)c(OC)c1OC. The van der Waals surface area contributed by atoms with Crippen molar-refractivity contribution in [2.24, 2.45) is 5.10 Å². The predicted molar refractivity (Wildman–Crippen MR) is 87.0 cm³/mol. The summed E-state index contributed by atoms with van der Waals surface area (Å²) < 4.78 is 15.8. The molecule has 0 radical (unpaired) electrons. The number of nitrogens with zero attached hydrogens (tertiary/aromatic N) is 1. The van der Waals surface area contributed by atoms with E-state index in [0.717, 1.165) is 0 Å². The number of amides is 1. The zero-order chi connectivity index (χ0) is 17.5. The van der Waals surface area contributed by atoms with E-state index >= 15 is 0 Å². The van der Waals surface area contributed by atoms with Crippen molar-refractivity contribution in [1.29, 1.82) is 0 Å². The molecule has 1 heterocycles. The second-order valence-corrected chi connectivity index (χ2v) is 4.68. The van der Waals surface area contributed by atoms with E-state index in [9.17, 15) is 9.59 Å². The van der Waals surface area contributed by atoms with Crippen LogP contribution in [-0.4, -0.2) is 43.6 Å². The van der Waals surface area contributed by atoms with Gasteiger partial charge in [-0.25, -0.2) is 5.43 Å². The molecule has 0 bridgehead atoms. The van der Waals surface area contributed by atoms with Crippen LogP contribution >= 0.6 is 0 Å². The Kier molecular flexibility index (Phi) is 5.61. The fourth-order valence-corrected chi connectivity index (χ4v) is 2.08. The summed E-state index contributed by atoms with van der Waals surface area (Å²) in [5, 5.41) is 8.82. The van der Waals surface area contributed by atoms with E-state index in [1.165, 1.54) is 33.6 Å². The van der Waals surface area contributed by atoms with Crippen LogP contribution in [0.1, 0.15) is 11.3 Å². The van der Waals surface area contributed by atoms with Crippen molar-refractivity contribution in [2.45, 2.75) is 6.42 Å². The van der Waals surface area contributed by atoms with Crippen LogP contribution in [0.25, 0.3) is 0 Å². The van der Waals surface area contributed by atoms with Crippen molar-refractivity contribution in [3.63, 3.8) is 0 Å². The summed E-state index contributed by atoms with van der Waals surface area (Å²) in [5.74, 6) is 1.01. The first kappa shape index (κ1) is 17.1. The monoisotopic (exact) mass is 334 g/mol. The Morgan fingerprint density at radius 3 is 2.50 bits per heavy atom. The number of hydrogen-bond donors (Lipinski definition) is 3. The number of carbonyl (C=O) groups is 1. The maximum absolute atomic E-state index is 11.8. The van der Waals surface area contributed by atoms with Gasteiger partial charge in [-0.05, 0) is 12.1 Å². The molecule has 1 amide bonds. The first-order chi connectivity index (χ1) is 11.6. The number of rotatable bonds is 7. The molecule has 0 saturated carbocycles. The normalized spacial score (nSPS) is 10.6. The Bertz CT molecular complexity index is 793. The third kappa shape index (κ3) is 3.94. The van der Waals surface area contributed by atoms with Crippen molar-refractivity contribution in [1.82, 2.24) is 15.6 Å². The summed E-state index contributed by atoms with van der Waals surface area (Å²) in [4.78, 5) is 22.7. The fraction of sp³-hybridized carbons (Fsp3) is 0.267. The van der Waals surface area contributed by atoms with Crippen molar-refractivity contribution in [3.05, 3.63) is 39.8 Å². The molecule has 0 aliphatic heterocycles. The number of nitrogens with one attached hydrogen (secondary N) is 3. The lowest BCUT2D eigenvalue weighted by Gasteiger charge is -2.13. The number of ether oxygens (including phenoxy) is 3. The van der Waals surface area contributed by atoms with Gasteiger partial charge in [-0.3, -0.25) is 14.7 Å². The Morgan fingerprint density at radius 2 is 1.92 bits per heavy atom. The number of carbonyl (C=O) groups excluding carboxylic acids is 1. The molecule has 1 aromatic carbocycles. The average Bonchev–Trinajstić information content (AvgIpc) is 2.98. The van der Waals surface area contributed by atoms with Crippen LogP contribution in [0.15, 0.2) is 28.1 Å². The lowest BCUT2D eigenvalue weighted by atomic mass is 10.2. The summed E-state index contributed by atoms with van der Waals surface area (Å²) in [6.45, 7) is 0. The van der Waals surface area contributed by atoms with E-state index in [4.69, 9.17) is 14.2 Å². The third-order valence-electron chi connectivity index (χ3n) is 3.13. The smallest absolute Gasteiger partial charge is 0.264 e. The predicted octanol–water partition coefficient (Wildman–Crippen LogP) is 0.422. The van der Waals surface area contributed by atoms with Crippen molar-refractivity contribution in [3.8, 4) is 17.2 Å². The molecule has 3 N–H and O–H groups in total. The van der Waals surface area contributed by atoms with Gasteiger partial charge in [0.1, 0.15) is 0 Å². The van der Waals surface area contributed by atoms with Gasteiger partial charge in [-0.1, -0.05) is 0 Å². The number of hydrazone groups is 1. The van der Waals surface area contributed by atoms with Crippen LogP contribution < -0.4 is 25.2 Å². The van der Waals surface area contributed by atoms with Crippen molar-refractivity contribution >= 4 is 12.1 Å². The maximum Gasteiger partial charge on any atom is 0.264 e. The van der Waals surface area contributed by atoms with Gasteiger partial charge < -0.3 is 19.3 Å². The molecule has 0 saturated heterocycles. The molecule has 0 aliphatic carbocycles. The first-order valence-corrected chi connectivity index (χ1v) is 6.96. The molecule has 0 atom stereocenters. The summed E-state index contributed by atoms with van der Waals surface area (Å²) in [6, 6.07) is 4.73. The molecule has 9 nitrogen and oxygen atoms in total. The highest BCUT2D eigenvalue weighted by Gasteiger charge is 2.14. The third-order valence-corrected chi connectivity index (χ3v) is 3.13. The van der Waals surface area contributed by atoms with Crippen LogP contribution in [0, 0.1) is 0 Å². The molecule has 1 aromatic heterocycles. The minimum absolute atomic E-state index is 0.000845. The maximum atomic E-state index is 11.8. The molecule has 0 unspecified atom stereocenters. The summed E-state index contributed by atoms with van der Waals surface area (Å²) >= 11 is 0. The summed E-state index contributed by atoms with van der Waals surface area (Å²) in [6.07, 6.45) is 1.43. The van der Waals surface area contributed by atoms with E-state index in [1.54, 1.807) is 12.1 Å². The number of hydrogen-bond acceptors (Lipinski definition) is 6. The lowest BCUT2D eigenvalue weighted by molar-refractivity contribution is -0.120. The highest BCUT2D eigenvalue weighted by atomic mass is 16.5. The van der Waals surface area contributed by atoms with E-state index in [0.29, 0.717) is 28.5 Å². The Balaban J connectivity index is 2.08. The molecule has 0 spiro atoms. The van der Waals surface area contributed by atoms with E-state index < -0.39 is 0 Å². The molecule has 128 valence electrons. The zero-order valence-corrected chi connectivity index (χ0v) is 13.5. The van der Waals surface area contributed by atoms with Crippen LogP contribution in [0.3, 0.4) is 0 Å². The summed E-state index contributed by atoms with van der Waals surface area (Å²) in [5.41, 5.74) is 3.15. The van der Waals surface area contributed by atoms with Gasteiger partial charge in [0.25, 0.3) is 5.56 Å². The van der Waals surface area contributed by atoms with Gasteiger partial charge in [0.2, 0.25) is 11.7 Å². The van der Waals surface area contributed by atoms with Crippen LogP contribution in [-0.2, 0) is 11.2 Å². The molecule has 0 fully saturated rings. The number of methoxy groups -OCH3 is 3. The van der Waals surface area contributed by atoms with Gasteiger partial charge in [0.15, 0.2) is 11.5 Å². The molecule has 0 aliphatic rings. The van der Waals surface area contributed by atoms with E-state index in [-0.39, 0.29) is 17.9 Å². The topological polar surface area (TPSA) is 118 Å². The standard InChI is InChI=1S/C15H18N4O5/c1-22-11-5-4-9(14(23-2)15(11)24-3)8-16-18-12(20)6-10-7-13(21)19-17-10/h4-5,7-8H,6H2,1-3H3,(H,18,20)(H2,17,19,21). The Labute approximate surface area is 137 Å². The van der Waals surface area contributed by atoms with Gasteiger partial charge in [0.05, 0.1) is 34.0 Å². The minimum atomic E-state index is -0.374. The van der Waals surface area contributed by atoms with Crippen LogP contribution in [0.5, 0.6) is 17.2 Å². The zero-order valence-electron chi connectivity index (χ0n) is 13.5. The Hall–Kier alpha value is -3.23. The Morgan fingerprint density at radius 1 is 1.17 bits per heavy atom. The van der Waals surface area contributed by atoms with Gasteiger partial charge in [-0.15, -0.1) is 0 Å². The number of H-pyrrole nitrogens is 2. The quantitative estimate of drug-likeness (QED) is 0.501. The van der Waals surface area contributed by atoms with Gasteiger partial charge in [-0.2, -0.15) is 5.10 Å². The van der Waals surface area contributed by atoms with E-state index in [2.05, 4.69) is 20.7 Å². The summed E-state index contributed by atoms with van der Waals surface area (Å²) in [7, 11) is 4.52. The molecule has 2 rings (SSSR count). The van der Waals surface area contributed by atoms with Crippen molar-refractivity contribution in [2.75, 3.05) is 21.3 Å². The average molecular weight is 334 g/mol. The minimum Gasteiger partial charge on any atom is -0.493 e. The molecular formula is C15H18N4O5. The highest BCUT2D eigenvalue weighted by Crippen LogP contribution is 2.38. The van der Waals surface area contributed by atoms with Crippen LogP contribution in [0.2, 0.25) is 0 Å². The second-order valence-electron chi connectivity index (χ2n) is 4.68. The van der Waals surface area contributed by atoms with Crippen LogP contribution in [0.4, 0.5) is 0 Å². The number of benzene rings is 1. The van der Waals surface area contributed by atoms with Gasteiger partial charge >= 0.3 is 0 Å². The largest absolute Gasteiger partial charge is 0.493 e. The number of aromatic amines is 2. The second kappa shape index (κ2) is 7.86.